The summed E-state index contributed by atoms with van der Waals surface area (Å²) in [5, 5.41) is 8.91. The van der Waals surface area contributed by atoms with E-state index in [9.17, 15) is 13.2 Å². The Labute approximate surface area is 194 Å². The lowest BCUT2D eigenvalue weighted by Crippen LogP contribution is -2.48. The zero-order valence-corrected chi connectivity index (χ0v) is 19.3. The largest absolute Gasteiger partial charge is 0.377 e. The highest BCUT2D eigenvalue weighted by atomic mass is 32.2. The van der Waals surface area contributed by atoms with Crippen LogP contribution in [0.3, 0.4) is 0 Å². The van der Waals surface area contributed by atoms with Gasteiger partial charge in [0.2, 0.25) is 10.0 Å². The van der Waals surface area contributed by atoms with Crippen molar-refractivity contribution in [2.24, 2.45) is 0 Å². The van der Waals surface area contributed by atoms with E-state index in [1.807, 2.05) is 24.3 Å². The minimum absolute atomic E-state index is 0.0730. The van der Waals surface area contributed by atoms with Crippen LogP contribution in [0, 0.1) is 11.3 Å². The van der Waals surface area contributed by atoms with E-state index in [0.29, 0.717) is 30.8 Å². The van der Waals surface area contributed by atoms with Crippen LogP contribution in [0.5, 0.6) is 0 Å². The summed E-state index contributed by atoms with van der Waals surface area (Å²) in [7, 11) is -3.64. The number of carbonyl (C=O) groups excluding carboxylic acids is 1. The van der Waals surface area contributed by atoms with Crippen molar-refractivity contribution < 1.29 is 17.9 Å². The lowest BCUT2D eigenvalue weighted by Gasteiger charge is -2.34. The molecule has 174 valence electrons. The van der Waals surface area contributed by atoms with Crippen LogP contribution >= 0.6 is 0 Å². The first-order valence-corrected chi connectivity index (χ1v) is 12.6. The maximum atomic E-state index is 12.9. The molecular weight excluding hydrogens is 440 g/mol. The average Bonchev–Trinajstić information content (AvgIpc) is 3.37. The quantitative estimate of drug-likeness (QED) is 0.667. The molecule has 0 radical (unpaired) electrons. The van der Waals surface area contributed by atoms with E-state index in [1.54, 1.807) is 17.0 Å². The summed E-state index contributed by atoms with van der Waals surface area (Å²) in [6.45, 7) is 4.44. The first kappa shape index (κ1) is 23.4. The third kappa shape index (κ3) is 5.97. The number of ether oxygens (including phenoxy) is 1. The molecule has 33 heavy (non-hydrogen) atoms. The smallest absolute Gasteiger partial charge is 0.253 e. The number of amides is 1. The van der Waals surface area contributed by atoms with Crippen molar-refractivity contribution in [1.82, 2.24) is 14.5 Å². The molecule has 0 aromatic heterocycles. The van der Waals surface area contributed by atoms with Gasteiger partial charge in [0.15, 0.2) is 0 Å². The van der Waals surface area contributed by atoms with Gasteiger partial charge in [0.05, 0.1) is 22.6 Å². The van der Waals surface area contributed by atoms with E-state index >= 15 is 0 Å². The second-order valence-corrected chi connectivity index (χ2v) is 10.2. The first-order chi connectivity index (χ1) is 15.9. The third-order valence-electron chi connectivity index (χ3n) is 6.09. The number of nitriles is 1. The average molecular weight is 469 g/mol. The van der Waals surface area contributed by atoms with Crippen molar-refractivity contribution in [1.29, 1.82) is 5.26 Å². The Balaban J connectivity index is 1.29. The number of carbonyl (C=O) groups is 1. The summed E-state index contributed by atoms with van der Waals surface area (Å²) in [6.07, 6.45) is 1.74. The van der Waals surface area contributed by atoms with Crippen molar-refractivity contribution >= 4 is 15.9 Å². The number of sulfonamides is 1. The number of rotatable bonds is 7. The van der Waals surface area contributed by atoms with Crippen LogP contribution in [-0.4, -0.2) is 69.6 Å². The molecule has 8 nitrogen and oxygen atoms in total. The minimum atomic E-state index is -3.64. The minimum Gasteiger partial charge on any atom is -0.377 e. The summed E-state index contributed by atoms with van der Waals surface area (Å²) >= 11 is 0. The summed E-state index contributed by atoms with van der Waals surface area (Å²) in [6, 6.07) is 15.8. The molecule has 2 aliphatic heterocycles. The van der Waals surface area contributed by atoms with Gasteiger partial charge in [0, 0.05) is 51.4 Å². The predicted octanol–water partition coefficient (Wildman–Crippen LogP) is 1.97. The zero-order chi connectivity index (χ0) is 23.3. The Morgan fingerprint density at radius 3 is 2.36 bits per heavy atom. The molecule has 0 aliphatic carbocycles. The molecule has 2 aromatic carbocycles. The fourth-order valence-electron chi connectivity index (χ4n) is 4.10. The highest BCUT2D eigenvalue weighted by Gasteiger charge is 2.24. The molecule has 2 aliphatic rings. The van der Waals surface area contributed by atoms with Gasteiger partial charge in [-0.3, -0.25) is 9.69 Å². The Morgan fingerprint density at radius 2 is 1.76 bits per heavy atom. The maximum Gasteiger partial charge on any atom is 0.253 e. The van der Waals surface area contributed by atoms with Gasteiger partial charge in [0.1, 0.15) is 0 Å². The molecule has 9 heteroatoms. The Kier molecular flexibility index (Phi) is 7.40. The molecule has 2 heterocycles. The topological polar surface area (TPSA) is 103 Å². The first-order valence-electron chi connectivity index (χ1n) is 11.2. The number of benzene rings is 2. The molecule has 1 unspecified atom stereocenters. The Hall–Kier alpha value is -2.77. The van der Waals surface area contributed by atoms with Gasteiger partial charge in [0.25, 0.3) is 5.91 Å². The number of piperazine rings is 1. The summed E-state index contributed by atoms with van der Waals surface area (Å²) in [5.41, 5.74) is 2.26. The van der Waals surface area contributed by atoms with E-state index in [0.717, 1.165) is 38.0 Å². The van der Waals surface area contributed by atoms with Crippen LogP contribution in [0.1, 0.15) is 34.3 Å². The molecule has 4 rings (SSSR count). The SMILES string of the molecule is N#Cc1ccc(CN2CCN(C(=O)c3ccc(S(=O)(=O)NCC4CCCO4)cc3)CC2)cc1. The van der Waals surface area contributed by atoms with Gasteiger partial charge in [-0.05, 0) is 54.8 Å². The number of nitrogens with one attached hydrogen (secondary N) is 1. The van der Waals surface area contributed by atoms with Gasteiger partial charge in [-0.2, -0.15) is 5.26 Å². The fraction of sp³-hybridized carbons (Fsp3) is 0.417. The second-order valence-electron chi connectivity index (χ2n) is 8.39. The van der Waals surface area contributed by atoms with Crippen LogP contribution < -0.4 is 4.72 Å². The number of hydrogen-bond acceptors (Lipinski definition) is 6. The van der Waals surface area contributed by atoms with Crippen molar-refractivity contribution in [2.45, 2.75) is 30.4 Å². The van der Waals surface area contributed by atoms with Crippen molar-refractivity contribution in [2.75, 3.05) is 39.3 Å². The molecule has 1 N–H and O–H groups in total. The van der Waals surface area contributed by atoms with Gasteiger partial charge in [-0.1, -0.05) is 12.1 Å². The molecule has 0 saturated carbocycles. The van der Waals surface area contributed by atoms with Crippen LogP contribution in [0.4, 0.5) is 0 Å². The van der Waals surface area contributed by atoms with Crippen LogP contribution in [0.2, 0.25) is 0 Å². The van der Waals surface area contributed by atoms with Gasteiger partial charge in [-0.25, -0.2) is 13.1 Å². The summed E-state index contributed by atoms with van der Waals surface area (Å²) in [4.78, 5) is 17.1. The molecule has 2 aromatic rings. The van der Waals surface area contributed by atoms with Gasteiger partial charge < -0.3 is 9.64 Å². The van der Waals surface area contributed by atoms with Crippen LogP contribution in [0.25, 0.3) is 0 Å². The molecular formula is C24H28N4O4S. The van der Waals surface area contributed by atoms with Gasteiger partial charge >= 0.3 is 0 Å². The number of hydrogen-bond donors (Lipinski definition) is 1. The normalized spacial score (nSPS) is 19.4. The van der Waals surface area contributed by atoms with E-state index in [2.05, 4.69) is 15.7 Å². The highest BCUT2D eigenvalue weighted by molar-refractivity contribution is 7.89. The van der Waals surface area contributed by atoms with Crippen molar-refractivity contribution in [3.8, 4) is 6.07 Å². The van der Waals surface area contributed by atoms with E-state index in [4.69, 9.17) is 10.00 Å². The van der Waals surface area contributed by atoms with E-state index < -0.39 is 10.0 Å². The number of nitrogens with zero attached hydrogens (tertiary/aromatic N) is 3. The fourth-order valence-corrected chi connectivity index (χ4v) is 5.17. The molecule has 1 atom stereocenters. The van der Waals surface area contributed by atoms with E-state index in [-0.39, 0.29) is 23.5 Å². The maximum absolute atomic E-state index is 12.9. The second kappa shape index (κ2) is 10.4. The third-order valence-corrected chi connectivity index (χ3v) is 7.52. The monoisotopic (exact) mass is 468 g/mol. The molecule has 2 fully saturated rings. The standard InChI is InChI=1S/C24H28N4O4S/c25-16-19-3-5-20(6-4-19)18-27-11-13-28(14-12-27)24(29)21-7-9-23(10-8-21)33(30,31)26-17-22-2-1-15-32-22/h3-10,22,26H,1-2,11-15,17-18H2. The zero-order valence-electron chi connectivity index (χ0n) is 18.4. The van der Waals surface area contributed by atoms with Crippen LogP contribution in [-0.2, 0) is 21.3 Å². The summed E-state index contributed by atoms with van der Waals surface area (Å²) < 4.78 is 33.1. The molecule has 1 amide bonds. The van der Waals surface area contributed by atoms with E-state index in [1.165, 1.54) is 12.1 Å². The van der Waals surface area contributed by atoms with Gasteiger partial charge in [-0.15, -0.1) is 0 Å². The van der Waals surface area contributed by atoms with Crippen molar-refractivity contribution in [3.63, 3.8) is 0 Å². The molecule has 0 bridgehead atoms. The Morgan fingerprint density at radius 1 is 1.06 bits per heavy atom. The lowest BCUT2D eigenvalue weighted by molar-refractivity contribution is 0.0628. The predicted molar refractivity (Wildman–Crippen MR) is 123 cm³/mol. The molecule has 2 saturated heterocycles. The van der Waals surface area contributed by atoms with Crippen LogP contribution in [0.15, 0.2) is 53.4 Å². The van der Waals surface area contributed by atoms with Crippen molar-refractivity contribution in [3.05, 3.63) is 65.2 Å². The molecule has 0 spiro atoms. The highest BCUT2D eigenvalue weighted by Crippen LogP contribution is 2.16. The lowest BCUT2D eigenvalue weighted by atomic mass is 10.1. The Bertz CT molecular complexity index is 1100. The summed E-state index contributed by atoms with van der Waals surface area (Å²) in [5.74, 6) is -0.0933.